The van der Waals surface area contributed by atoms with E-state index >= 15 is 0 Å². The topological polar surface area (TPSA) is 86.3 Å². The second kappa shape index (κ2) is 10.6. The summed E-state index contributed by atoms with van der Waals surface area (Å²) in [5.74, 6) is -0.0230. The first-order chi connectivity index (χ1) is 17.8. The van der Waals surface area contributed by atoms with E-state index in [1.54, 1.807) is 21.7 Å². The molecule has 2 aliphatic heterocycles. The van der Waals surface area contributed by atoms with Crippen LogP contribution < -0.4 is 11.0 Å². The van der Waals surface area contributed by atoms with Crippen LogP contribution >= 0.6 is 0 Å². The predicted octanol–water partition coefficient (Wildman–Crippen LogP) is 3.88. The molecule has 2 N–H and O–H groups in total. The molecule has 2 atom stereocenters. The average Bonchev–Trinajstić information content (AvgIpc) is 3.08. The van der Waals surface area contributed by atoms with Gasteiger partial charge in [0.05, 0.1) is 12.1 Å². The largest absolute Gasteiger partial charge is 0.401 e. The van der Waals surface area contributed by atoms with Gasteiger partial charge in [-0.15, -0.1) is 0 Å². The van der Waals surface area contributed by atoms with Crippen LogP contribution in [0.3, 0.4) is 0 Å². The Balaban J connectivity index is 1.22. The van der Waals surface area contributed by atoms with Gasteiger partial charge in [-0.1, -0.05) is 30.3 Å². The van der Waals surface area contributed by atoms with Crippen LogP contribution in [0, 0.1) is 0 Å². The number of likely N-dealkylation sites (tertiary alicyclic amines) is 2. The highest BCUT2D eigenvalue weighted by molar-refractivity contribution is 5.74. The number of aromatic nitrogens is 3. The number of rotatable bonds is 4. The highest BCUT2D eigenvalue weighted by Gasteiger charge is 2.35. The van der Waals surface area contributed by atoms with Gasteiger partial charge in [-0.05, 0) is 49.3 Å². The molecule has 4 heterocycles. The summed E-state index contributed by atoms with van der Waals surface area (Å²) in [5, 5.41) is 3.00. The highest BCUT2D eigenvalue weighted by Crippen LogP contribution is 2.29. The molecule has 0 radical (unpaired) electrons. The Morgan fingerprint density at radius 3 is 2.51 bits per heavy atom. The summed E-state index contributed by atoms with van der Waals surface area (Å²) in [7, 11) is 0. The standard InChI is InChI=1S/C26H31F3N6O2/c27-26(28,29)17-33-15-19(18-5-2-1-3-6-18)8-9-20(16-33)31-24(36)34-13-10-21(11-14-34)35-22-7-4-12-30-23(22)32-25(35)37/h1-7,12,19-21H,8-11,13-17H2,(H,31,36)(H,30,32,37). The normalized spacial score (nSPS) is 22.2. The Morgan fingerprint density at radius 2 is 1.78 bits per heavy atom. The molecule has 1 aromatic carbocycles. The van der Waals surface area contributed by atoms with Crippen LogP contribution in [0.5, 0.6) is 0 Å². The van der Waals surface area contributed by atoms with Crippen molar-refractivity contribution < 1.29 is 18.0 Å². The van der Waals surface area contributed by atoms with Crippen molar-refractivity contribution in [3.05, 3.63) is 64.7 Å². The molecule has 2 amide bonds. The molecule has 198 valence electrons. The van der Waals surface area contributed by atoms with Crippen molar-refractivity contribution in [3.63, 3.8) is 0 Å². The molecule has 37 heavy (non-hydrogen) atoms. The molecule has 5 rings (SSSR count). The van der Waals surface area contributed by atoms with Crippen LogP contribution in [0.1, 0.15) is 43.2 Å². The zero-order valence-electron chi connectivity index (χ0n) is 20.5. The molecule has 11 heteroatoms. The zero-order chi connectivity index (χ0) is 26.0. The van der Waals surface area contributed by atoms with E-state index in [9.17, 15) is 22.8 Å². The average molecular weight is 517 g/mol. The summed E-state index contributed by atoms with van der Waals surface area (Å²) >= 11 is 0. The number of halogens is 3. The maximum absolute atomic E-state index is 13.3. The van der Waals surface area contributed by atoms with Gasteiger partial charge in [0.1, 0.15) is 0 Å². The summed E-state index contributed by atoms with van der Waals surface area (Å²) in [4.78, 5) is 35.7. The first-order valence-corrected chi connectivity index (χ1v) is 12.7. The minimum absolute atomic E-state index is 0.0230. The third kappa shape index (κ3) is 5.98. The maximum atomic E-state index is 13.3. The number of carbonyl (C=O) groups excluding carboxylic acids is 1. The molecule has 0 aliphatic carbocycles. The van der Waals surface area contributed by atoms with Crippen LogP contribution in [0.15, 0.2) is 53.5 Å². The first kappa shape index (κ1) is 25.3. The molecule has 2 saturated heterocycles. The number of aromatic amines is 1. The number of amides is 2. The minimum Gasteiger partial charge on any atom is -0.334 e. The van der Waals surface area contributed by atoms with E-state index in [0.29, 0.717) is 51.0 Å². The van der Waals surface area contributed by atoms with Crippen molar-refractivity contribution in [3.8, 4) is 0 Å². The van der Waals surface area contributed by atoms with Gasteiger partial charge in [-0.3, -0.25) is 14.5 Å². The Kier molecular flexibility index (Phi) is 7.23. The zero-order valence-corrected chi connectivity index (χ0v) is 20.5. The fourth-order valence-electron chi connectivity index (χ4n) is 5.69. The number of nitrogens with zero attached hydrogens (tertiary/aromatic N) is 4. The van der Waals surface area contributed by atoms with Gasteiger partial charge < -0.3 is 10.2 Å². The molecule has 8 nitrogen and oxygen atoms in total. The Labute approximate surface area is 212 Å². The van der Waals surface area contributed by atoms with Gasteiger partial charge in [0.25, 0.3) is 0 Å². The second-order valence-corrected chi connectivity index (χ2v) is 10.0. The lowest BCUT2D eigenvalue weighted by Crippen LogP contribution is -2.51. The molecule has 2 unspecified atom stereocenters. The van der Waals surface area contributed by atoms with Crippen LogP contribution in [0.2, 0.25) is 0 Å². The molecule has 3 aromatic rings. The van der Waals surface area contributed by atoms with E-state index in [1.165, 1.54) is 4.90 Å². The van der Waals surface area contributed by atoms with Crippen molar-refractivity contribution in [1.29, 1.82) is 0 Å². The third-order valence-corrected chi connectivity index (χ3v) is 7.43. The van der Waals surface area contributed by atoms with E-state index in [1.807, 2.05) is 36.4 Å². The van der Waals surface area contributed by atoms with Crippen molar-refractivity contribution in [2.75, 3.05) is 32.7 Å². The van der Waals surface area contributed by atoms with E-state index in [0.717, 1.165) is 11.1 Å². The van der Waals surface area contributed by atoms with Crippen LogP contribution in [-0.2, 0) is 0 Å². The summed E-state index contributed by atoms with van der Waals surface area (Å²) < 4.78 is 41.6. The Bertz CT molecular complexity index is 1270. The van der Waals surface area contributed by atoms with Gasteiger partial charge in [0.15, 0.2) is 5.65 Å². The summed E-state index contributed by atoms with van der Waals surface area (Å²) in [6.45, 7) is 0.379. The number of alkyl halides is 3. The molecule has 0 spiro atoms. The van der Waals surface area contributed by atoms with Gasteiger partial charge in [-0.25, -0.2) is 14.6 Å². The van der Waals surface area contributed by atoms with Crippen LogP contribution in [0.4, 0.5) is 18.0 Å². The smallest absolute Gasteiger partial charge is 0.334 e. The van der Waals surface area contributed by atoms with E-state index < -0.39 is 12.7 Å². The number of urea groups is 1. The number of fused-ring (bicyclic) bond motifs is 1. The number of H-pyrrole nitrogens is 1. The molecular formula is C26H31F3N6O2. The highest BCUT2D eigenvalue weighted by atomic mass is 19.4. The lowest BCUT2D eigenvalue weighted by Gasteiger charge is -2.34. The minimum atomic E-state index is -4.31. The van der Waals surface area contributed by atoms with Crippen molar-refractivity contribution in [2.45, 2.75) is 49.9 Å². The number of imidazole rings is 1. The molecule has 0 saturated carbocycles. The third-order valence-electron chi connectivity index (χ3n) is 7.43. The van der Waals surface area contributed by atoms with Gasteiger partial charge in [-0.2, -0.15) is 13.2 Å². The molecule has 2 aliphatic rings. The van der Waals surface area contributed by atoms with Gasteiger partial charge in [0.2, 0.25) is 0 Å². The molecule has 0 bridgehead atoms. The Morgan fingerprint density at radius 1 is 1.03 bits per heavy atom. The van der Waals surface area contributed by atoms with Crippen LogP contribution in [0.25, 0.3) is 11.2 Å². The summed E-state index contributed by atoms with van der Waals surface area (Å²) in [6, 6.07) is 12.5. The predicted molar refractivity (Wildman–Crippen MR) is 133 cm³/mol. The second-order valence-electron chi connectivity index (χ2n) is 10.0. The van der Waals surface area contributed by atoms with E-state index in [-0.39, 0.29) is 36.3 Å². The van der Waals surface area contributed by atoms with Gasteiger partial charge >= 0.3 is 17.9 Å². The number of piperidine rings is 1. The van der Waals surface area contributed by atoms with Gasteiger partial charge in [0, 0.05) is 44.5 Å². The molecular weight excluding hydrogens is 485 g/mol. The van der Waals surface area contributed by atoms with E-state index in [2.05, 4.69) is 15.3 Å². The summed E-state index contributed by atoms with van der Waals surface area (Å²) in [5.41, 5.74) is 2.09. The fraction of sp³-hybridized carbons (Fsp3) is 0.500. The lowest BCUT2D eigenvalue weighted by molar-refractivity contribution is -0.146. The number of carbonyl (C=O) groups is 1. The number of hydrogen-bond donors (Lipinski definition) is 2. The number of benzene rings is 1. The molecule has 2 aromatic heterocycles. The van der Waals surface area contributed by atoms with Crippen LogP contribution in [-0.4, -0.2) is 75.3 Å². The number of pyridine rings is 1. The first-order valence-electron chi connectivity index (χ1n) is 12.7. The summed E-state index contributed by atoms with van der Waals surface area (Å²) in [6.07, 6.45) is -0.165. The Hall–Kier alpha value is -3.34. The monoisotopic (exact) mass is 516 g/mol. The van der Waals surface area contributed by atoms with Crippen molar-refractivity contribution >= 4 is 17.2 Å². The number of hydrogen-bond acceptors (Lipinski definition) is 4. The van der Waals surface area contributed by atoms with Crippen molar-refractivity contribution in [2.24, 2.45) is 0 Å². The SMILES string of the molecule is O=C(NC1CCC(c2ccccc2)CN(CC(F)(F)F)C1)N1CCC(n2c(=O)[nH]c3ncccc32)CC1. The fourth-order valence-corrected chi connectivity index (χ4v) is 5.69. The lowest BCUT2D eigenvalue weighted by atomic mass is 9.94. The van der Waals surface area contributed by atoms with E-state index in [4.69, 9.17) is 0 Å². The number of nitrogens with one attached hydrogen (secondary N) is 2. The van der Waals surface area contributed by atoms with Crippen molar-refractivity contribution in [1.82, 2.24) is 29.7 Å². The maximum Gasteiger partial charge on any atom is 0.401 e. The quantitative estimate of drug-likeness (QED) is 0.551. The molecule has 2 fully saturated rings.